The minimum Gasteiger partial charge on any atom is -0.497 e. The molecule has 0 spiro atoms. The second kappa shape index (κ2) is 10.9. The molecule has 36 heavy (non-hydrogen) atoms. The van der Waals surface area contributed by atoms with Gasteiger partial charge in [-0.3, -0.25) is 13.9 Å². The minimum atomic E-state index is -3.34. The van der Waals surface area contributed by atoms with E-state index in [4.69, 9.17) is 15.6 Å². The SMILES string of the molecule is COc1cccc(CN)c1.Cn1c(=O)n(Cc2ccc(S(C)(=O)=O)cc2)c(=O)c2cc(C(=O)O)sc21. The lowest BCUT2D eigenvalue weighted by Crippen LogP contribution is -2.38. The highest BCUT2D eigenvalue weighted by Crippen LogP contribution is 2.21. The molecule has 0 unspecified atom stereocenters. The Kier molecular flexibility index (Phi) is 8.13. The highest BCUT2D eigenvalue weighted by molar-refractivity contribution is 7.90. The largest absolute Gasteiger partial charge is 0.497 e. The van der Waals surface area contributed by atoms with Gasteiger partial charge in [0.15, 0.2) is 9.84 Å². The number of ether oxygens (including phenoxy) is 1. The molecule has 0 atom stereocenters. The molecule has 0 fully saturated rings. The van der Waals surface area contributed by atoms with Gasteiger partial charge in [-0.15, -0.1) is 11.3 Å². The first-order chi connectivity index (χ1) is 17.0. The highest BCUT2D eigenvalue weighted by Gasteiger charge is 2.17. The third-order valence-electron chi connectivity index (χ3n) is 5.28. The maximum absolute atomic E-state index is 12.6. The fourth-order valence-electron chi connectivity index (χ4n) is 3.35. The van der Waals surface area contributed by atoms with E-state index in [-0.39, 0.29) is 21.7 Å². The molecular formula is C24H25N3O7S2. The van der Waals surface area contributed by atoms with Crippen LogP contribution in [0.4, 0.5) is 0 Å². The van der Waals surface area contributed by atoms with Crippen molar-refractivity contribution in [2.75, 3.05) is 13.4 Å². The van der Waals surface area contributed by atoms with Crippen LogP contribution >= 0.6 is 11.3 Å². The molecule has 3 N–H and O–H groups in total. The quantitative estimate of drug-likeness (QED) is 0.384. The third kappa shape index (κ3) is 5.90. The predicted octanol–water partition coefficient (Wildman–Crippen LogP) is 2.07. The average Bonchev–Trinajstić information content (AvgIpc) is 3.32. The molecule has 0 aliphatic rings. The van der Waals surface area contributed by atoms with E-state index in [1.807, 2.05) is 24.3 Å². The van der Waals surface area contributed by atoms with Crippen molar-refractivity contribution in [3.8, 4) is 5.75 Å². The lowest BCUT2D eigenvalue weighted by molar-refractivity contribution is 0.0702. The Labute approximate surface area is 210 Å². The molecule has 2 heterocycles. The Morgan fingerprint density at radius 2 is 1.75 bits per heavy atom. The molecular weight excluding hydrogens is 506 g/mol. The van der Waals surface area contributed by atoms with Crippen LogP contribution in [0.5, 0.6) is 5.75 Å². The maximum atomic E-state index is 12.6. The summed E-state index contributed by atoms with van der Waals surface area (Å²) in [5.74, 6) is -0.302. The second-order valence-electron chi connectivity index (χ2n) is 7.84. The fourth-order valence-corrected chi connectivity index (χ4v) is 4.93. The predicted molar refractivity (Wildman–Crippen MR) is 138 cm³/mol. The lowest BCUT2D eigenvalue weighted by Gasteiger charge is -2.09. The third-order valence-corrected chi connectivity index (χ3v) is 7.61. The number of aromatic carboxylic acids is 1. The number of sulfone groups is 1. The van der Waals surface area contributed by atoms with Crippen molar-refractivity contribution in [3.05, 3.63) is 91.4 Å². The molecule has 12 heteroatoms. The number of hydrogen-bond acceptors (Lipinski definition) is 8. The topological polar surface area (TPSA) is 151 Å². The summed E-state index contributed by atoms with van der Waals surface area (Å²) < 4.78 is 30.2. The van der Waals surface area contributed by atoms with E-state index in [0.717, 1.165) is 33.5 Å². The molecule has 0 saturated carbocycles. The van der Waals surface area contributed by atoms with E-state index in [0.29, 0.717) is 16.9 Å². The molecule has 2 aromatic heterocycles. The number of carboxylic acids is 1. The van der Waals surface area contributed by atoms with Gasteiger partial charge >= 0.3 is 11.7 Å². The van der Waals surface area contributed by atoms with Gasteiger partial charge in [0.25, 0.3) is 5.56 Å². The van der Waals surface area contributed by atoms with Crippen LogP contribution in [0.25, 0.3) is 10.2 Å². The van der Waals surface area contributed by atoms with E-state index in [1.54, 1.807) is 7.11 Å². The first-order valence-corrected chi connectivity index (χ1v) is 13.3. The van der Waals surface area contributed by atoms with E-state index in [9.17, 15) is 22.8 Å². The van der Waals surface area contributed by atoms with E-state index >= 15 is 0 Å². The zero-order valence-electron chi connectivity index (χ0n) is 19.8. The standard InChI is InChI=1S/C16H14N2O6S2.C8H11NO/c1-17-14-11(7-12(25-14)15(20)21)13(19)18(16(17)22)8-9-3-5-10(6-4-9)26(2,23)24;1-10-8-4-2-3-7(5-8)6-9/h3-7H,8H2,1-2H3,(H,20,21);2-5H,6,9H2,1H3. The van der Waals surface area contributed by atoms with Crippen LogP contribution in [0.15, 0.2) is 69.1 Å². The van der Waals surface area contributed by atoms with Crippen LogP contribution < -0.4 is 21.7 Å². The molecule has 10 nitrogen and oxygen atoms in total. The van der Waals surface area contributed by atoms with Crippen molar-refractivity contribution in [1.29, 1.82) is 0 Å². The van der Waals surface area contributed by atoms with Gasteiger partial charge in [0.1, 0.15) is 15.5 Å². The number of aromatic nitrogens is 2. The number of aryl methyl sites for hydroxylation is 1. The number of nitrogens with zero attached hydrogens (tertiary/aromatic N) is 2. The molecule has 0 amide bonds. The Bertz CT molecular complexity index is 1610. The number of rotatable bonds is 6. The summed E-state index contributed by atoms with van der Waals surface area (Å²) in [5, 5.41) is 9.25. The Hall–Kier alpha value is -3.74. The molecule has 0 radical (unpaired) electrons. The number of hydrogen-bond donors (Lipinski definition) is 2. The van der Waals surface area contributed by atoms with E-state index < -0.39 is 27.1 Å². The van der Waals surface area contributed by atoms with Gasteiger partial charge in [0.2, 0.25) is 0 Å². The number of carbonyl (C=O) groups is 1. The van der Waals surface area contributed by atoms with Crippen LogP contribution in [0.3, 0.4) is 0 Å². The summed E-state index contributed by atoms with van der Waals surface area (Å²) in [6.45, 7) is 0.515. The number of benzene rings is 2. The minimum absolute atomic E-state index is 0.0256. The van der Waals surface area contributed by atoms with Gasteiger partial charge in [0.05, 0.1) is 23.9 Å². The molecule has 2 aromatic carbocycles. The monoisotopic (exact) mass is 531 g/mol. The van der Waals surface area contributed by atoms with E-state index in [1.165, 1.54) is 41.9 Å². The Morgan fingerprint density at radius 3 is 2.31 bits per heavy atom. The number of nitrogens with two attached hydrogens (primary N) is 1. The normalized spacial score (nSPS) is 11.1. The van der Waals surface area contributed by atoms with Gasteiger partial charge in [-0.2, -0.15) is 0 Å². The van der Waals surface area contributed by atoms with Crippen molar-refractivity contribution in [2.24, 2.45) is 12.8 Å². The number of carboxylic acid groups (broad SMARTS) is 1. The summed E-state index contributed by atoms with van der Waals surface area (Å²) in [6, 6.07) is 14.9. The van der Waals surface area contributed by atoms with Crippen molar-refractivity contribution in [2.45, 2.75) is 18.0 Å². The first-order valence-electron chi connectivity index (χ1n) is 10.5. The summed E-state index contributed by atoms with van der Waals surface area (Å²) in [7, 11) is -0.222. The van der Waals surface area contributed by atoms with Gasteiger partial charge < -0.3 is 15.6 Å². The van der Waals surface area contributed by atoms with Crippen molar-refractivity contribution < 1.29 is 23.1 Å². The lowest BCUT2D eigenvalue weighted by atomic mass is 10.2. The van der Waals surface area contributed by atoms with Crippen LogP contribution in [-0.2, 0) is 30.0 Å². The molecule has 4 aromatic rings. The van der Waals surface area contributed by atoms with Crippen LogP contribution in [0, 0.1) is 0 Å². The fraction of sp³-hybridized carbons (Fsp3) is 0.208. The zero-order chi connectivity index (χ0) is 26.6. The van der Waals surface area contributed by atoms with E-state index in [2.05, 4.69) is 0 Å². The van der Waals surface area contributed by atoms with Gasteiger partial charge in [-0.1, -0.05) is 24.3 Å². The molecule has 4 rings (SSSR count). The van der Waals surface area contributed by atoms with Crippen molar-refractivity contribution >= 4 is 37.4 Å². The number of thiophene rings is 1. The van der Waals surface area contributed by atoms with Crippen molar-refractivity contribution in [3.63, 3.8) is 0 Å². The summed E-state index contributed by atoms with van der Waals surface area (Å²) in [6.07, 6.45) is 1.09. The van der Waals surface area contributed by atoms with Crippen LogP contribution in [0.1, 0.15) is 20.8 Å². The van der Waals surface area contributed by atoms with Gasteiger partial charge in [0, 0.05) is 19.8 Å². The summed E-state index contributed by atoms with van der Waals surface area (Å²) in [5.41, 5.74) is 5.93. The summed E-state index contributed by atoms with van der Waals surface area (Å²) >= 11 is 0.863. The zero-order valence-corrected chi connectivity index (χ0v) is 21.4. The van der Waals surface area contributed by atoms with Crippen LogP contribution in [0.2, 0.25) is 0 Å². The van der Waals surface area contributed by atoms with Crippen molar-refractivity contribution in [1.82, 2.24) is 9.13 Å². The Balaban J connectivity index is 0.000000303. The van der Waals surface area contributed by atoms with Gasteiger partial charge in [-0.05, 0) is 41.5 Å². The second-order valence-corrected chi connectivity index (χ2v) is 10.9. The number of fused-ring (bicyclic) bond motifs is 1. The molecule has 190 valence electrons. The van der Waals surface area contributed by atoms with Crippen LogP contribution in [-0.4, -0.2) is 42.0 Å². The first kappa shape index (κ1) is 26.9. The maximum Gasteiger partial charge on any atom is 0.345 e. The smallest absolute Gasteiger partial charge is 0.345 e. The summed E-state index contributed by atoms with van der Waals surface area (Å²) in [4.78, 5) is 36.7. The highest BCUT2D eigenvalue weighted by atomic mass is 32.2. The number of methoxy groups -OCH3 is 1. The molecule has 0 saturated heterocycles. The molecule has 0 bridgehead atoms. The van der Waals surface area contributed by atoms with Gasteiger partial charge in [-0.25, -0.2) is 18.0 Å². The average molecular weight is 532 g/mol. The molecule has 0 aliphatic heterocycles. The molecule has 0 aliphatic carbocycles. The Morgan fingerprint density at radius 1 is 1.08 bits per heavy atom.